The zero-order valence-electron chi connectivity index (χ0n) is 21.4. The van der Waals surface area contributed by atoms with E-state index >= 15 is 0 Å². The molecule has 0 bridgehead atoms. The Bertz CT molecular complexity index is 1340. The summed E-state index contributed by atoms with van der Waals surface area (Å²) in [6.45, 7) is 8.33. The second-order valence-corrected chi connectivity index (χ2v) is 9.67. The number of nitrogens with one attached hydrogen (secondary N) is 1. The highest BCUT2D eigenvalue weighted by Crippen LogP contribution is 2.23. The zero-order chi connectivity index (χ0) is 25.8. The molecule has 0 aliphatic carbocycles. The fraction of sp³-hybridized carbons (Fsp3) is 0.310. The fourth-order valence-electron chi connectivity index (χ4n) is 4.93. The molecule has 3 aromatic carbocycles. The van der Waals surface area contributed by atoms with E-state index in [-0.39, 0.29) is 23.5 Å². The maximum atomic E-state index is 13.0. The van der Waals surface area contributed by atoms with Crippen molar-refractivity contribution in [3.63, 3.8) is 0 Å². The molecule has 2 heterocycles. The molecule has 0 radical (unpaired) electrons. The zero-order valence-corrected chi connectivity index (χ0v) is 21.4. The number of phenols is 1. The number of aromatic hydroxyl groups is 1. The highest BCUT2D eigenvalue weighted by molar-refractivity contribution is 5.54. The minimum absolute atomic E-state index is 0.0823. The molecule has 0 spiro atoms. The van der Waals surface area contributed by atoms with E-state index in [0.717, 1.165) is 43.2 Å². The molecular weight excluding hydrogens is 464 g/mol. The first-order chi connectivity index (χ1) is 18.0. The Kier molecular flexibility index (Phi) is 7.28. The lowest BCUT2D eigenvalue weighted by atomic mass is 10.1. The molecule has 0 amide bonds. The van der Waals surface area contributed by atoms with Crippen LogP contribution in [0.2, 0.25) is 0 Å². The lowest BCUT2D eigenvalue weighted by Gasteiger charge is -2.37. The highest BCUT2D eigenvalue weighted by atomic mass is 16.3. The van der Waals surface area contributed by atoms with E-state index in [9.17, 15) is 9.90 Å². The van der Waals surface area contributed by atoms with Gasteiger partial charge in [0, 0.05) is 49.6 Å². The number of benzene rings is 3. The predicted molar refractivity (Wildman–Crippen MR) is 148 cm³/mol. The summed E-state index contributed by atoms with van der Waals surface area (Å²) in [6, 6.07) is 26.0. The third-order valence-electron chi connectivity index (χ3n) is 7.00. The Balaban J connectivity index is 1.19. The van der Waals surface area contributed by atoms with Crippen LogP contribution in [0.3, 0.4) is 0 Å². The van der Waals surface area contributed by atoms with Gasteiger partial charge in [0.15, 0.2) is 0 Å². The topological polar surface area (TPSA) is 78.6 Å². The molecule has 2 atom stereocenters. The minimum atomic E-state index is -0.142. The standard InChI is InChI=1S/C29H34N6O2/c1-22(31-23(2)24-6-4-3-5-7-24)20-35-29(37)34(21-30-35)27-10-8-25(9-11-27)32-16-18-33(19-17-32)26-12-14-28(36)15-13-26/h3-15,21-23,31,36H,16-20H2,1-2H3. The third-order valence-corrected chi connectivity index (χ3v) is 7.00. The first-order valence-electron chi connectivity index (χ1n) is 12.8. The molecule has 1 fully saturated rings. The van der Waals surface area contributed by atoms with Crippen molar-refractivity contribution in [3.05, 3.63) is 101 Å². The first-order valence-corrected chi connectivity index (χ1v) is 12.8. The van der Waals surface area contributed by atoms with Crippen molar-refractivity contribution < 1.29 is 5.11 Å². The molecule has 1 aliphatic rings. The van der Waals surface area contributed by atoms with E-state index in [1.54, 1.807) is 23.0 Å². The number of rotatable bonds is 8. The SMILES string of the molecule is CC(Cn1ncn(-c2ccc(N3CCN(c4ccc(O)cc4)CC3)cc2)c1=O)NC(C)c1ccccc1. The summed E-state index contributed by atoms with van der Waals surface area (Å²) in [4.78, 5) is 17.7. The summed E-state index contributed by atoms with van der Waals surface area (Å²) >= 11 is 0. The Hall–Kier alpha value is -4.04. The van der Waals surface area contributed by atoms with Crippen LogP contribution >= 0.6 is 0 Å². The first kappa shape index (κ1) is 24.6. The Morgan fingerprint density at radius 2 is 1.35 bits per heavy atom. The number of phenolic OH excluding ortho intramolecular Hbond substituents is 1. The summed E-state index contributed by atoms with van der Waals surface area (Å²) < 4.78 is 3.12. The maximum absolute atomic E-state index is 13.0. The molecule has 192 valence electrons. The van der Waals surface area contributed by atoms with Crippen LogP contribution in [0, 0.1) is 0 Å². The molecule has 5 rings (SSSR count). The molecule has 1 saturated heterocycles. The van der Waals surface area contributed by atoms with Gasteiger partial charge in [0.05, 0.1) is 12.2 Å². The minimum Gasteiger partial charge on any atom is -0.508 e. The van der Waals surface area contributed by atoms with Crippen LogP contribution in [0.15, 0.2) is 90.0 Å². The molecule has 2 unspecified atom stereocenters. The highest BCUT2D eigenvalue weighted by Gasteiger charge is 2.18. The molecule has 37 heavy (non-hydrogen) atoms. The summed E-state index contributed by atoms with van der Waals surface area (Å²) in [6.07, 6.45) is 1.60. The van der Waals surface area contributed by atoms with Crippen molar-refractivity contribution in [2.24, 2.45) is 0 Å². The van der Waals surface area contributed by atoms with E-state index < -0.39 is 0 Å². The number of piperazine rings is 1. The molecule has 4 aromatic rings. The van der Waals surface area contributed by atoms with Gasteiger partial charge in [-0.2, -0.15) is 5.10 Å². The van der Waals surface area contributed by atoms with Gasteiger partial charge in [-0.3, -0.25) is 0 Å². The number of hydrogen-bond donors (Lipinski definition) is 2. The second-order valence-electron chi connectivity index (χ2n) is 9.67. The van der Waals surface area contributed by atoms with Crippen molar-refractivity contribution in [1.82, 2.24) is 19.7 Å². The largest absolute Gasteiger partial charge is 0.508 e. The van der Waals surface area contributed by atoms with Gasteiger partial charge in [-0.05, 0) is 67.9 Å². The quantitative estimate of drug-likeness (QED) is 0.385. The van der Waals surface area contributed by atoms with E-state index in [2.05, 4.69) is 58.3 Å². The van der Waals surface area contributed by atoms with Crippen LogP contribution in [0.25, 0.3) is 5.69 Å². The van der Waals surface area contributed by atoms with Crippen molar-refractivity contribution in [2.75, 3.05) is 36.0 Å². The summed E-state index contributed by atoms with van der Waals surface area (Å²) in [5.41, 5.74) is 4.15. The summed E-state index contributed by atoms with van der Waals surface area (Å²) in [5.74, 6) is 0.288. The van der Waals surface area contributed by atoms with Crippen LogP contribution in [-0.4, -0.2) is 51.7 Å². The number of aromatic nitrogens is 3. The van der Waals surface area contributed by atoms with Crippen LogP contribution in [-0.2, 0) is 6.54 Å². The molecular formula is C29H34N6O2. The third kappa shape index (κ3) is 5.70. The lowest BCUT2D eigenvalue weighted by molar-refractivity contribution is 0.406. The molecule has 8 nitrogen and oxygen atoms in total. The van der Waals surface area contributed by atoms with Crippen molar-refractivity contribution in [3.8, 4) is 11.4 Å². The summed E-state index contributed by atoms with van der Waals surface area (Å²) in [7, 11) is 0. The molecule has 2 N–H and O–H groups in total. The monoisotopic (exact) mass is 498 g/mol. The average Bonchev–Trinajstić information content (AvgIpc) is 3.29. The van der Waals surface area contributed by atoms with Gasteiger partial charge in [0.1, 0.15) is 12.1 Å². The number of hydrogen-bond acceptors (Lipinski definition) is 6. The van der Waals surface area contributed by atoms with Gasteiger partial charge in [0.25, 0.3) is 0 Å². The van der Waals surface area contributed by atoms with Crippen LogP contribution in [0.1, 0.15) is 25.5 Å². The van der Waals surface area contributed by atoms with Crippen molar-refractivity contribution in [1.29, 1.82) is 0 Å². The number of anilines is 2. The molecule has 0 saturated carbocycles. The molecule has 8 heteroatoms. The van der Waals surface area contributed by atoms with Gasteiger partial charge in [-0.15, -0.1) is 0 Å². The Morgan fingerprint density at radius 1 is 0.811 bits per heavy atom. The maximum Gasteiger partial charge on any atom is 0.350 e. The van der Waals surface area contributed by atoms with Crippen LogP contribution in [0.4, 0.5) is 11.4 Å². The average molecular weight is 499 g/mol. The number of nitrogens with zero attached hydrogens (tertiary/aromatic N) is 5. The van der Waals surface area contributed by atoms with E-state index in [4.69, 9.17) is 0 Å². The Morgan fingerprint density at radius 3 is 1.95 bits per heavy atom. The van der Waals surface area contributed by atoms with Gasteiger partial charge in [-0.1, -0.05) is 30.3 Å². The van der Waals surface area contributed by atoms with Gasteiger partial charge < -0.3 is 20.2 Å². The van der Waals surface area contributed by atoms with Crippen LogP contribution in [0.5, 0.6) is 5.75 Å². The van der Waals surface area contributed by atoms with E-state index in [1.165, 1.54) is 10.2 Å². The summed E-state index contributed by atoms with van der Waals surface area (Å²) in [5, 5.41) is 17.4. The van der Waals surface area contributed by atoms with Crippen molar-refractivity contribution in [2.45, 2.75) is 32.5 Å². The van der Waals surface area contributed by atoms with Crippen molar-refractivity contribution >= 4 is 11.4 Å². The molecule has 1 aliphatic heterocycles. The second kappa shape index (κ2) is 10.9. The van der Waals surface area contributed by atoms with Crippen LogP contribution < -0.4 is 20.8 Å². The smallest absolute Gasteiger partial charge is 0.350 e. The Labute approximate surface area is 217 Å². The van der Waals surface area contributed by atoms with Gasteiger partial charge in [-0.25, -0.2) is 14.0 Å². The normalized spacial score (nSPS) is 15.5. The molecule has 1 aromatic heterocycles. The van der Waals surface area contributed by atoms with E-state index in [1.807, 2.05) is 42.5 Å². The van der Waals surface area contributed by atoms with Gasteiger partial charge >= 0.3 is 5.69 Å². The van der Waals surface area contributed by atoms with Gasteiger partial charge in [0.2, 0.25) is 0 Å². The fourth-order valence-corrected chi connectivity index (χ4v) is 4.93. The lowest BCUT2D eigenvalue weighted by Crippen LogP contribution is -2.46. The van der Waals surface area contributed by atoms with E-state index in [0.29, 0.717) is 6.54 Å². The predicted octanol–water partition coefficient (Wildman–Crippen LogP) is 3.81.